The second-order valence-corrected chi connectivity index (χ2v) is 2.07. The zero-order valence-electron chi connectivity index (χ0n) is 8.37. The van der Waals surface area contributed by atoms with Gasteiger partial charge in [0.25, 0.3) is 0 Å². The van der Waals surface area contributed by atoms with E-state index in [1.54, 1.807) is 14.1 Å². The van der Waals surface area contributed by atoms with Crippen LogP contribution >= 0.6 is 0 Å². The lowest BCUT2D eigenvalue weighted by Crippen LogP contribution is -2.18. The van der Waals surface area contributed by atoms with E-state index in [4.69, 9.17) is 17.7 Å². The molecule has 0 fully saturated rings. The Labute approximate surface area is 88.7 Å². The van der Waals surface area contributed by atoms with Gasteiger partial charge in [0, 0.05) is 14.1 Å². The Bertz CT molecular complexity index is 139. The van der Waals surface area contributed by atoms with Crippen molar-refractivity contribution in [2.75, 3.05) is 28.2 Å². The molecule has 0 unspecified atom stereocenters. The second kappa shape index (κ2) is 17.9. The van der Waals surface area contributed by atoms with Crippen LogP contribution in [0.25, 0.3) is 0 Å². The maximum absolute atomic E-state index is 9.85. The second-order valence-electron chi connectivity index (χ2n) is 2.07. The van der Waals surface area contributed by atoms with E-state index in [1.807, 2.05) is 14.1 Å². The zero-order valence-corrected chi connectivity index (χ0v) is 8.37. The minimum absolute atomic E-state index is 0. The third-order valence-electron chi connectivity index (χ3n) is 0.441. The molecule has 7 heteroatoms. The molecular weight excluding hydrogens is 182 g/mol. The maximum atomic E-state index is 9.85. The molecule has 0 aliphatic carbocycles. The van der Waals surface area contributed by atoms with Crippen LogP contribution in [0.1, 0.15) is 7.43 Å². The third kappa shape index (κ3) is 121. The molecule has 0 aromatic carbocycles. The van der Waals surface area contributed by atoms with E-state index in [2.05, 4.69) is 13.2 Å². The van der Waals surface area contributed by atoms with Crippen LogP contribution in [0.3, 0.4) is 0 Å². The summed E-state index contributed by atoms with van der Waals surface area (Å²) in [6, 6.07) is 0. The molecule has 0 saturated carbocycles. The van der Waals surface area contributed by atoms with Gasteiger partial charge in [0.15, 0.2) is 5.81 Å². The van der Waals surface area contributed by atoms with Crippen LogP contribution in [0.4, 0.5) is 9.59 Å². The van der Waals surface area contributed by atoms with Gasteiger partial charge in [-0.2, -0.15) is 0 Å². The summed E-state index contributed by atoms with van der Waals surface area (Å²) < 4.78 is 0. The quantitative estimate of drug-likeness (QED) is 0.545. The van der Waals surface area contributed by atoms with E-state index >= 15 is 0 Å². The number of hydrogen-bond acceptors (Lipinski definition) is 3. The fourth-order valence-electron chi connectivity index (χ4n) is 0. The average molecular weight is 200 g/mol. The van der Waals surface area contributed by atoms with E-state index in [9.17, 15) is 4.79 Å². The summed E-state index contributed by atoms with van der Waals surface area (Å²) in [6.07, 6.45) is 0. The predicted octanol–water partition coefficient (Wildman–Crippen LogP) is 0.141. The molecule has 0 aliphatic rings. The summed E-state index contributed by atoms with van der Waals surface area (Å²) in [5.74, 6) is -1.74. The highest BCUT2D eigenvalue weighted by molar-refractivity contribution is 6.56. The minimum Gasteiger partial charge on any atom is -0.490 e. The Morgan fingerprint density at radius 1 is 1.21 bits per heavy atom. The summed E-state index contributed by atoms with van der Waals surface area (Å²) in [6.45, 7) is 0. The summed E-state index contributed by atoms with van der Waals surface area (Å²) >= 11 is 0. The smallest absolute Gasteiger partial charge is 0.233 e. The molecule has 0 aromatic heterocycles. The van der Waals surface area contributed by atoms with Crippen molar-refractivity contribution in [1.82, 2.24) is 10.2 Å². The van der Waals surface area contributed by atoms with Gasteiger partial charge < -0.3 is 15.3 Å². The monoisotopic (exact) mass is 200 g/mol. The Hall–Kier alpha value is -0.970. The van der Waals surface area contributed by atoms with Gasteiger partial charge in [-0.25, -0.2) is 0 Å². The van der Waals surface area contributed by atoms with Crippen LogP contribution in [0, 0.1) is 0 Å². The number of carbonyl (C=O) groups is 2. The fourth-order valence-corrected chi connectivity index (χ4v) is 0. The SMILES string of the molecule is C.CNC.[B]C(=O)N(C)C.[B]C(=O)O. The Balaban J connectivity index is -0.0000000553. The molecule has 0 bridgehead atoms. The van der Waals surface area contributed by atoms with E-state index in [0.29, 0.717) is 0 Å². The maximum Gasteiger partial charge on any atom is 0.233 e. The normalized spacial score (nSPS) is 6.29. The molecule has 0 aromatic rings. The molecule has 0 heterocycles. The minimum atomic E-state index is -1.33. The molecule has 0 saturated heterocycles. The van der Waals surface area contributed by atoms with Gasteiger partial charge in [0.05, 0.1) is 0 Å². The first kappa shape index (κ1) is 23.1. The Morgan fingerprint density at radius 3 is 1.29 bits per heavy atom. The van der Waals surface area contributed by atoms with Gasteiger partial charge in [-0.3, -0.25) is 9.59 Å². The van der Waals surface area contributed by atoms with Crippen molar-refractivity contribution >= 4 is 27.4 Å². The van der Waals surface area contributed by atoms with Crippen molar-refractivity contribution in [3.05, 3.63) is 0 Å². The van der Waals surface area contributed by atoms with Crippen molar-refractivity contribution in [2.24, 2.45) is 0 Å². The molecule has 0 rings (SSSR count). The largest absolute Gasteiger partial charge is 0.490 e. The highest BCUT2D eigenvalue weighted by Crippen LogP contribution is 1.69. The lowest BCUT2D eigenvalue weighted by Gasteiger charge is -2.03. The number of amides is 1. The third-order valence-corrected chi connectivity index (χ3v) is 0.441. The van der Waals surface area contributed by atoms with Crippen LogP contribution in [-0.4, -0.2) is 65.6 Å². The molecule has 14 heavy (non-hydrogen) atoms. The predicted molar refractivity (Wildman–Crippen MR) is 60.3 cm³/mol. The zero-order chi connectivity index (χ0) is 11.4. The topological polar surface area (TPSA) is 69.6 Å². The molecule has 0 atom stereocenters. The molecule has 2 N–H and O–H groups in total. The van der Waals surface area contributed by atoms with Gasteiger partial charge in [0.1, 0.15) is 0 Å². The van der Waals surface area contributed by atoms with Crippen LogP contribution in [-0.2, 0) is 0 Å². The highest BCUT2D eigenvalue weighted by atomic mass is 16.4. The Kier molecular flexibility index (Phi) is 29.6. The van der Waals surface area contributed by atoms with Gasteiger partial charge in [0.2, 0.25) is 21.6 Å². The van der Waals surface area contributed by atoms with Crippen molar-refractivity contribution in [3.8, 4) is 0 Å². The van der Waals surface area contributed by atoms with Crippen LogP contribution < -0.4 is 5.32 Å². The van der Waals surface area contributed by atoms with Crippen molar-refractivity contribution < 1.29 is 14.7 Å². The number of carbonyl (C=O) groups excluding carboxylic acids is 1. The van der Waals surface area contributed by atoms with E-state index < -0.39 is 11.7 Å². The van der Waals surface area contributed by atoms with Gasteiger partial charge >= 0.3 is 0 Å². The van der Waals surface area contributed by atoms with E-state index in [1.165, 1.54) is 4.90 Å². The number of carboxylic acid groups (broad SMARTS) is 1. The molecule has 80 valence electrons. The van der Waals surface area contributed by atoms with Crippen LogP contribution in [0.5, 0.6) is 0 Å². The summed E-state index contributed by atoms with van der Waals surface area (Å²) in [4.78, 5) is 19.9. The van der Waals surface area contributed by atoms with Gasteiger partial charge in [-0.1, -0.05) is 7.43 Å². The van der Waals surface area contributed by atoms with Gasteiger partial charge in [-0.05, 0) is 14.1 Å². The summed E-state index contributed by atoms with van der Waals surface area (Å²) in [5, 5.41) is 9.94. The van der Waals surface area contributed by atoms with Crippen molar-refractivity contribution in [3.63, 3.8) is 0 Å². The average Bonchev–Trinajstić information content (AvgIpc) is 1.87. The van der Waals surface area contributed by atoms with Crippen LogP contribution in [0.15, 0.2) is 0 Å². The molecular formula is C7H18B2N2O3. The van der Waals surface area contributed by atoms with Crippen molar-refractivity contribution in [1.29, 1.82) is 0 Å². The number of hydrogen-bond donors (Lipinski definition) is 2. The first-order chi connectivity index (χ1) is 5.79. The van der Waals surface area contributed by atoms with Crippen molar-refractivity contribution in [2.45, 2.75) is 7.43 Å². The van der Waals surface area contributed by atoms with Crippen LogP contribution in [0.2, 0.25) is 0 Å². The molecule has 1 amide bonds. The number of nitrogens with zero attached hydrogens (tertiary/aromatic N) is 1. The number of nitrogens with one attached hydrogen (secondary N) is 1. The summed E-state index contributed by atoms with van der Waals surface area (Å²) in [5.41, 5.74) is 0. The molecule has 0 spiro atoms. The molecule has 5 nitrogen and oxygen atoms in total. The van der Waals surface area contributed by atoms with E-state index in [-0.39, 0.29) is 7.43 Å². The Morgan fingerprint density at radius 2 is 1.29 bits per heavy atom. The lowest BCUT2D eigenvalue weighted by molar-refractivity contribution is 0.220. The molecule has 0 aliphatic heterocycles. The highest BCUT2D eigenvalue weighted by Gasteiger charge is 1.87. The van der Waals surface area contributed by atoms with E-state index in [0.717, 1.165) is 0 Å². The molecule has 4 radical (unpaired) electrons. The summed E-state index contributed by atoms with van der Waals surface area (Å²) in [7, 11) is 15.7. The lowest BCUT2D eigenvalue weighted by atomic mass is 10.1. The standard InChI is InChI=1S/C3H6BNO.C2H7N.CHBO2.CH4/c1-5(2)3(4)6;1-3-2;2-1(3)4;/h1-2H3;3H,1-2H3;(H,3,4);1H4. The first-order valence-electron chi connectivity index (χ1n) is 3.33. The fraction of sp³-hybridized carbons (Fsp3) is 0.714. The van der Waals surface area contributed by atoms with Gasteiger partial charge in [-0.15, -0.1) is 0 Å². The number of rotatable bonds is 0. The first-order valence-corrected chi connectivity index (χ1v) is 3.33.